The van der Waals surface area contributed by atoms with Gasteiger partial charge in [-0.05, 0) is 26.1 Å². The van der Waals surface area contributed by atoms with Crippen molar-refractivity contribution in [3.63, 3.8) is 0 Å². The van der Waals surface area contributed by atoms with Crippen LogP contribution in [0.25, 0.3) is 0 Å². The van der Waals surface area contributed by atoms with Gasteiger partial charge in [-0.25, -0.2) is 4.98 Å². The summed E-state index contributed by atoms with van der Waals surface area (Å²) in [5.41, 5.74) is 2.98. The number of nitrogens with zero attached hydrogens (tertiary/aromatic N) is 2. The van der Waals surface area contributed by atoms with E-state index in [1.165, 1.54) is 18.2 Å². The molecule has 0 radical (unpaired) electrons. The van der Waals surface area contributed by atoms with E-state index in [4.69, 9.17) is 0 Å². The number of carbonyl (C=O) groups excluding carboxylic acids is 1. The van der Waals surface area contributed by atoms with Gasteiger partial charge in [0.05, 0.1) is 23.3 Å². The topological polar surface area (TPSA) is 73.7 Å². The molecule has 5 nitrogen and oxygen atoms in total. The molecule has 1 aromatic heterocycles. The van der Waals surface area contributed by atoms with Gasteiger partial charge in [-0.1, -0.05) is 0 Å². The van der Waals surface area contributed by atoms with Crippen molar-refractivity contribution in [2.24, 2.45) is 0 Å². The summed E-state index contributed by atoms with van der Waals surface area (Å²) in [7, 11) is 1.84. The first-order valence-electron chi connectivity index (χ1n) is 6.10. The number of aromatic hydroxyl groups is 2. The van der Waals surface area contributed by atoms with Crippen molar-refractivity contribution >= 4 is 17.1 Å². The Morgan fingerprint density at radius 1 is 1.40 bits per heavy atom. The Labute approximate surface area is 121 Å². The number of likely N-dealkylation sites (N-methyl/N-ethyl adjacent to an activating group) is 1. The van der Waals surface area contributed by atoms with Crippen molar-refractivity contribution in [2.75, 3.05) is 13.6 Å². The molecule has 106 valence electrons. The lowest BCUT2D eigenvalue weighted by Gasteiger charge is -2.15. The summed E-state index contributed by atoms with van der Waals surface area (Å²) in [4.78, 5) is 19.3. The highest BCUT2D eigenvalue weighted by Crippen LogP contribution is 2.23. The zero-order chi connectivity index (χ0) is 14.7. The third-order valence-electron chi connectivity index (χ3n) is 2.95. The average Bonchev–Trinajstić information content (AvgIpc) is 2.74. The van der Waals surface area contributed by atoms with Crippen LogP contribution in [0.15, 0.2) is 23.7 Å². The van der Waals surface area contributed by atoms with Crippen molar-refractivity contribution in [1.29, 1.82) is 0 Å². The molecule has 0 unspecified atom stereocenters. The number of rotatable bonds is 5. The van der Waals surface area contributed by atoms with Gasteiger partial charge >= 0.3 is 0 Å². The van der Waals surface area contributed by atoms with E-state index in [0.29, 0.717) is 6.54 Å². The second-order valence-electron chi connectivity index (χ2n) is 4.66. The summed E-state index contributed by atoms with van der Waals surface area (Å²) in [5, 5.41) is 18.9. The standard InChI is InChI=1S/C14H16N2O3S/c1-9-14(20-8-15-9)7-16(2)6-13(19)11-4-3-10(17)5-12(11)18/h3-5,8,17-18H,6-7H2,1-2H3. The van der Waals surface area contributed by atoms with E-state index >= 15 is 0 Å². The third kappa shape index (κ3) is 3.34. The second kappa shape index (κ2) is 6.02. The average molecular weight is 292 g/mol. The van der Waals surface area contributed by atoms with Gasteiger partial charge in [-0.2, -0.15) is 0 Å². The summed E-state index contributed by atoms with van der Waals surface area (Å²) in [6, 6.07) is 3.99. The normalized spacial score (nSPS) is 10.9. The predicted octanol–water partition coefficient (Wildman–Crippen LogP) is 2.18. The van der Waals surface area contributed by atoms with Crippen LogP contribution in [0.1, 0.15) is 20.9 Å². The van der Waals surface area contributed by atoms with Gasteiger partial charge in [-0.3, -0.25) is 9.69 Å². The van der Waals surface area contributed by atoms with E-state index in [0.717, 1.165) is 10.6 Å². The molecule has 0 aliphatic carbocycles. The predicted molar refractivity (Wildman–Crippen MR) is 77.3 cm³/mol. The number of carbonyl (C=O) groups is 1. The molecule has 0 atom stereocenters. The van der Waals surface area contributed by atoms with Crippen LogP contribution in [0.4, 0.5) is 0 Å². The number of Topliss-reactive ketones (excluding diaryl/α,β-unsaturated/α-hetero) is 1. The molecule has 0 fully saturated rings. The number of ketones is 1. The highest BCUT2D eigenvalue weighted by atomic mass is 32.1. The van der Waals surface area contributed by atoms with Gasteiger partial charge in [-0.15, -0.1) is 11.3 Å². The molecule has 0 aliphatic rings. The lowest BCUT2D eigenvalue weighted by molar-refractivity contribution is 0.0940. The fourth-order valence-electron chi connectivity index (χ4n) is 1.87. The van der Waals surface area contributed by atoms with Crippen LogP contribution in [-0.2, 0) is 6.54 Å². The van der Waals surface area contributed by atoms with Gasteiger partial charge < -0.3 is 10.2 Å². The molecule has 1 aromatic carbocycles. The van der Waals surface area contributed by atoms with E-state index in [9.17, 15) is 15.0 Å². The SMILES string of the molecule is Cc1ncsc1CN(C)CC(=O)c1ccc(O)cc1O. The lowest BCUT2D eigenvalue weighted by Crippen LogP contribution is -2.25. The van der Waals surface area contributed by atoms with Gasteiger partial charge in [0.25, 0.3) is 0 Å². The van der Waals surface area contributed by atoms with E-state index in [-0.39, 0.29) is 29.4 Å². The molecule has 20 heavy (non-hydrogen) atoms. The van der Waals surface area contributed by atoms with Crippen LogP contribution < -0.4 is 0 Å². The number of hydrogen-bond acceptors (Lipinski definition) is 6. The summed E-state index contributed by atoms with van der Waals surface area (Å²) in [6.45, 7) is 2.77. The first-order valence-corrected chi connectivity index (χ1v) is 6.98. The summed E-state index contributed by atoms with van der Waals surface area (Å²) < 4.78 is 0. The first-order chi connectivity index (χ1) is 9.47. The van der Waals surface area contributed by atoms with Crippen LogP contribution in [0.5, 0.6) is 11.5 Å². The van der Waals surface area contributed by atoms with E-state index < -0.39 is 0 Å². The van der Waals surface area contributed by atoms with Crippen molar-refractivity contribution in [3.05, 3.63) is 39.8 Å². The Balaban J connectivity index is 2.02. The van der Waals surface area contributed by atoms with Gasteiger partial charge in [0.15, 0.2) is 5.78 Å². The van der Waals surface area contributed by atoms with E-state index in [2.05, 4.69) is 4.98 Å². The molecule has 2 aromatic rings. The molecule has 6 heteroatoms. The van der Waals surface area contributed by atoms with Crippen molar-refractivity contribution in [3.8, 4) is 11.5 Å². The highest BCUT2D eigenvalue weighted by Gasteiger charge is 2.15. The largest absolute Gasteiger partial charge is 0.508 e. The maximum Gasteiger partial charge on any atom is 0.180 e. The summed E-state index contributed by atoms with van der Waals surface area (Å²) in [6.07, 6.45) is 0. The number of aromatic nitrogens is 1. The molecular weight excluding hydrogens is 276 g/mol. The Kier molecular flexibility index (Phi) is 4.36. The van der Waals surface area contributed by atoms with Gasteiger partial charge in [0.2, 0.25) is 0 Å². The minimum atomic E-state index is -0.197. The zero-order valence-electron chi connectivity index (χ0n) is 11.3. The van der Waals surface area contributed by atoms with E-state index in [1.807, 2.05) is 18.9 Å². The number of thiazole rings is 1. The Hall–Kier alpha value is -1.92. The smallest absolute Gasteiger partial charge is 0.180 e. The minimum absolute atomic E-state index is 0.0623. The summed E-state index contributed by atoms with van der Waals surface area (Å²) in [5.74, 6) is -0.447. The van der Waals surface area contributed by atoms with Crippen molar-refractivity contribution < 1.29 is 15.0 Å². The molecule has 0 saturated carbocycles. The molecule has 2 rings (SSSR count). The van der Waals surface area contributed by atoms with Crippen LogP contribution >= 0.6 is 11.3 Å². The number of phenols is 2. The lowest BCUT2D eigenvalue weighted by atomic mass is 10.1. The fraction of sp³-hybridized carbons (Fsp3) is 0.286. The van der Waals surface area contributed by atoms with Crippen molar-refractivity contribution in [2.45, 2.75) is 13.5 Å². The van der Waals surface area contributed by atoms with Gasteiger partial charge in [0, 0.05) is 17.5 Å². The number of benzene rings is 1. The van der Waals surface area contributed by atoms with E-state index in [1.54, 1.807) is 16.8 Å². The second-order valence-corrected chi connectivity index (χ2v) is 5.60. The molecule has 0 saturated heterocycles. The molecule has 0 aliphatic heterocycles. The van der Waals surface area contributed by atoms with Crippen LogP contribution in [-0.4, -0.2) is 39.5 Å². The van der Waals surface area contributed by atoms with Crippen molar-refractivity contribution in [1.82, 2.24) is 9.88 Å². The fourth-order valence-corrected chi connectivity index (χ4v) is 2.72. The molecule has 0 amide bonds. The summed E-state index contributed by atoms with van der Waals surface area (Å²) >= 11 is 1.56. The zero-order valence-corrected chi connectivity index (χ0v) is 12.1. The number of aryl methyl sites for hydroxylation is 1. The quantitative estimate of drug-likeness (QED) is 0.826. The van der Waals surface area contributed by atoms with Gasteiger partial charge in [0.1, 0.15) is 11.5 Å². The molecule has 2 N–H and O–H groups in total. The molecule has 1 heterocycles. The minimum Gasteiger partial charge on any atom is -0.508 e. The Bertz CT molecular complexity index is 625. The maximum absolute atomic E-state index is 12.1. The number of phenolic OH excluding ortho intramolecular Hbond substituents is 2. The van der Waals surface area contributed by atoms with Crippen LogP contribution in [0, 0.1) is 6.92 Å². The molecule has 0 bridgehead atoms. The Morgan fingerprint density at radius 2 is 2.15 bits per heavy atom. The maximum atomic E-state index is 12.1. The molecule has 0 spiro atoms. The third-order valence-corrected chi connectivity index (χ3v) is 3.87. The monoisotopic (exact) mass is 292 g/mol. The van der Waals surface area contributed by atoms with Crippen LogP contribution in [0.2, 0.25) is 0 Å². The number of hydrogen-bond donors (Lipinski definition) is 2. The van der Waals surface area contributed by atoms with Crippen LogP contribution in [0.3, 0.4) is 0 Å². The Morgan fingerprint density at radius 3 is 2.75 bits per heavy atom. The first kappa shape index (κ1) is 14.5. The molecular formula is C14H16N2O3S. The highest BCUT2D eigenvalue weighted by molar-refractivity contribution is 7.09.